The van der Waals surface area contributed by atoms with Gasteiger partial charge in [0, 0.05) is 23.7 Å². The van der Waals surface area contributed by atoms with Crippen LogP contribution in [-0.2, 0) is 30.7 Å². The van der Waals surface area contributed by atoms with Crippen molar-refractivity contribution in [2.24, 2.45) is 5.92 Å². The van der Waals surface area contributed by atoms with Crippen LogP contribution in [0, 0.1) is 5.92 Å². The summed E-state index contributed by atoms with van der Waals surface area (Å²) in [5.41, 5.74) is 5.02. The van der Waals surface area contributed by atoms with Gasteiger partial charge in [0.25, 0.3) is 0 Å². The molecule has 1 amide bonds. The molecule has 2 atom stereocenters. The van der Waals surface area contributed by atoms with Gasteiger partial charge < -0.3 is 14.3 Å². The number of nitrogens with one attached hydrogen (secondary N) is 1. The Bertz CT molecular complexity index is 1270. The molecule has 2 unspecified atom stereocenters. The summed E-state index contributed by atoms with van der Waals surface area (Å²) >= 11 is 0. The number of aryl methyl sites for hydroxylation is 1. The number of piperidine rings is 1. The third-order valence-corrected chi connectivity index (χ3v) is 7.92. The fourth-order valence-corrected chi connectivity index (χ4v) is 6.09. The predicted molar refractivity (Wildman–Crippen MR) is 153 cm³/mol. The molecule has 0 bridgehead atoms. The molecule has 6 nitrogen and oxygen atoms in total. The van der Waals surface area contributed by atoms with E-state index < -0.39 is 6.09 Å². The predicted octanol–water partition coefficient (Wildman–Crippen LogP) is 6.60. The van der Waals surface area contributed by atoms with E-state index in [4.69, 9.17) is 9.47 Å². The summed E-state index contributed by atoms with van der Waals surface area (Å²) in [5, 5.41) is 2.88. The molecule has 204 valence electrons. The Morgan fingerprint density at radius 3 is 2.72 bits per heavy atom. The fourth-order valence-electron chi connectivity index (χ4n) is 6.09. The SMILES string of the molecule is CCCN1CCCC2Cc3c(ccc(OCc4ccccc4)c3OC(=O)Nc3cccc(CCC=O)c3)CC21. The molecule has 1 aliphatic carbocycles. The molecule has 1 heterocycles. The van der Waals surface area contributed by atoms with E-state index in [-0.39, 0.29) is 0 Å². The van der Waals surface area contributed by atoms with Gasteiger partial charge in [0.1, 0.15) is 12.9 Å². The van der Waals surface area contributed by atoms with Crippen LogP contribution >= 0.6 is 0 Å². The monoisotopic (exact) mass is 526 g/mol. The number of fused-ring (bicyclic) bond motifs is 2. The summed E-state index contributed by atoms with van der Waals surface area (Å²) in [5.74, 6) is 1.67. The van der Waals surface area contributed by atoms with Crippen molar-refractivity contribution >= 4 is 18.1 Å². The van der Waals surface area contributed by atoms with Gasteiger partial charge >= 0.3 is 6.09 Å². The van der Waals surface area contributed by atoms with Crippen LogP contribution in [0.2, 0.25) is 0 Å². The van der Waals surface area contributed by atoms with E-state index in [0.717, 1.165) is 48.8 Å². The van der Waals surface area contributed by atoms with Crippen LogP contribution < -0.4 is 14.8 Å². The third-order valence-electron chi connectivity index (χ3n) is 7.92. The van der Waals surface area contributed by atoms with Crippen molar-refractivity contribution in [1.82, 2.24) is 4.90 Å². The first-order valence-corrected chi connectivity index (χ1v) is 14.2. The zero-order chi connectivity index (χ0) is 27.0. The maximum Gasteiger partial charge on any atom is 0.417 e. The maximum atomic E-state index is 13.2. The lowest BCUT2D eigenvalue weighted by Crippen LogP contribution is -2.49. The summed E-state index contributed by atoms with van der Waals surface area (Å²) in [7, 11) is 0. The molecule has 39 heavy (non-hydrogen) atoms. The average molecular weight is 527 g/mol. The summed E-state index contributed by atoms with van der Waals surface area (Å²) < 4.78 is 12.3. The Labute approximate surface area is 231 Å². The van der Waals surface area contributed by atoms with Crippen LogP contribution in [-0.4, -0.2) is 36.4 Å². The van der Waals surface area contributed by atoms with E-state index in [1.807, 2.05) is 60.7 Å². The van der Waals surface area contributed by atoms with Gasteiger partial charge in [0.05, 0.1) is 0 Å². The standard InChI is InChI=1S/C33H38N2O4/c1-2-17-35-18-7-13-27-21-29-26(22-30(27)35)15-16-31(38-23-25-9-4-3-5-10-25)32(29)39-33(37)34-28-14-6-11-24(20-28)12-8-19-36/h3-6,9-11,14-16,19-20,27,30H,2,7-8,12-13,17-18,21-23H2,1H3,(H,34,37). The minimum absolute atomic E-state index is 0.396. The smallest absolute Gasteiger partial charge is 0.417 e. The lowest BCUT2D eigenvalue weighted by atomic mass is 9.75. The average Bonchev–Trinajstić information content (AvgIpc) is 2.96. The molecule has 3 aromatic carbocycles. The van der Waals surface area contributed by atoms with E-state index in [0.29, 0.717) is 48.6 Å². The number of aldehydes is 1. The molecule has 6 heteroatoms. The van der Waals surface area contributed by atoms with Crippen molar-refractivity contribution in [1.29, 1.82) is 0 Å². The van der Waals surface area contributed by atoms with Crippen LogP contribution in [0.3, 0.4) is 0 Å². The molecule has 0 aromatic heterocycles. The number of likely N-dealkylation sites (tertiary alicyclic amines) is 1. The van der Waals surface area contributed by atoms with Gasteiger partial charge in [0.2, 0.25) is 0 Å². The van der Waals surface area contributed by atoms with Gasteiger partial charge in [-0.15, -0.1) is 0 Å². The lowest BCUT2D eigenvalue weighted by molar-refractivity contribution is -0.107. The van der Waals surface area contributed by atoms with Crippen molar-refractivity contribution in [3.05, 3.63) is 89.0 Å². The number of hydrogen-bond acceptors (Lipinski definition) is 5. The van der Waals surface area contributed by atoms with Crippen LogP contribution in [0.15, 0.2) is 66.7 Å². The van der Waals surface area contributed by atoms with Crippen LogP contribution in [0.4, 0.5) is 10.5 Å². The quantitative estimate of drug-likeness (QED) is 0.302. The first-order chi connectivity index (χ1) is 19.1. The molecule has 1 aliphatic heterocycles. The Morgan fingerprint density at radius 2 is 1.90 bits per heavy atom. The number of carbonyl (C=O) groups is 2. The van der Waals surface area contributed by atoms with E-state index in [1.54, 1.807) is 0 Å². The number of rotatable bonds is 10. The van der Waals surface area contributed by atoms with Gasteiger partial charge in [0.15, 0.2) is 11.5 Å². The van der Waals surface area contributed by atoms with Crippen LogP contribution in [0.25, 0.3) is 0 Å². The van der Waals surface area contributed by atoms with Crippen molar-refractivity contribution < 1.29 is 19.1 Å². The molecule has 0 spiro atoms. The molecular weight excluding hydrogens is 488 g/mol. The second-order valence-corrected chi connectivity index (χ2v) is 10.6. The van der Waals surface area contributed by atoms with Gasteiger partial charge in [-0.05, 0) is 92.4 Å². The molecule has 1 fully saturated rings. The molecular formula is C33H38N2O4. The highest BCUT2D eigenvalue weighted by molar-refractivity contribution is 5.87. The van der Waals surface area contributed by atoms with Crippen molar-refractivity contribution in [3.8, 4) is 11.5 Å². The highest BCUT2D eigenvalue weighted by atomic mass is 16.6. The third kappa shape index (κ3) is 6.69. The zero-order valence-corrected chi connectivity index (χ0v) is 22.7. The summed E-state index contributed by atoms with van der Waals surface area (Å²) in [4.78, 5) is 26.6. The highest BCUT2D eigenvalue weighted by Crippen LogP contribution is 2.43. The first kappa shape index (κ1) is 26.9. The number of ether oxygens (including phenoxy) is 2. The summed E-state index contributed by atoms with van der Waals surface area (Å²) in [6.07, 6.45) is 6.85. The zero-order valence-electron chi connectivity index (χ0n) is 22.7. The van der Waals surface area contributed by atoms with E-state index in [2.05, 4.69) is 23.2 Å². The van der Waals surface area contributed by atoms with Crippen molar-refractivity contribution in [2.45, 2.75) is 64.5 Å². The number of anilines is 1. The van der Waals surface area contributed by atoms with Gasteiger partial charge in [-0.1, -0.05) is 55.5 Å². The maximum absolute atomic E-state index is 13.2. The Kier molecular flexibility index (Phi) is 8.94. The van der Waals surface area contributed by atoms with E-state index >= 15 is 0 Å². The van der Waals surface area contributed by atoms with Crippen LogP contribution in [0.5, 0.6) is 11.5 Å². The molecule has 1 N–H and O–H groups in total. The summed E-state index contributed by atoms with van der Waals surface area (Å²) in [6.45, 7) is 4.94. The Balaban J connectivity index is 1.40. The van der Waals surface area contributed by atoms with Crippen molar-refractivity contribution in [2.75, 3.05) is 18.4 Å². The highest BCUT2D eigenvalue weighted by Gasteiger charge is 2.37. The molecule has 2 aliphatic rings. The Morgan fingerprint density at radius 1 is 1.05 bits per heavy atom. The Hall–Kier alpha value is -3.64. The van der Waals surface area contributed by atoms with Gasteiger partial charge in [-0.2, -0.15) is 0 Å². The van der Waals surface area contributed by atoms with E-state index in [9.17, 15) is 9.59 Å². The minimum Gasteiger partial charge on any atom is -0.485 e. The van der Waals surface area contributed by atoms with E-state index in [1.165, 1.54) is 24.9 Å². The number of carbonyl (C=O) groups excluding carboxylic acids is 2. The van der Waals surface area contributed by atoms with Gasteiger partial charge in [-0.25, -0.2) is 4.79 Å². The molecule has 5 rings (SSSR count). The lowest BCUT2D eigenvalue weighted by Gasteiger charge is -2.45. The number of benzene rings is 3. The number of hydrogen-bond donors (Lipinski definition) is 1. The second-order valence-electron chi connectivity index (χ2n) is 10.6. The minimum atomic E-state index is -0.543. The first-order valence-electron chi connectivity index (χ1n) is 14.2. The second kappa shape index (κ2) is 12.9. The topological polar surface area (TPSA) is 67.9 Å². The largest absolute Gasteiger partial charge is 0.485 e. The fraction of sp³-hybridized carbons (Fsp3) is 0.394. The summed E-state index contributed by atoms with van der Waals surface area (Å²) in [6, 6.07) is 22.2. The van der Waals surface area contributed by atoms with Gasteiger partial charge in [-0.3, -0.25) is 10.2 Å². The molecule has 0 saturated carbocycles. The number of nitrogens with zero attached hydrogens (tertiary/aromatic N) is 1. The van der Waals surface area contributed by atoms with Crippen molar-refractivity contribution in [3.63, 3.8) is 0 Å². The normalized spacial score (nSPS) is 18.5. The molecule has 0 radical (unpaired) electrons. The number of amides is 1. The molecule has 1 saturated heterocycles. The molecule has 3 aromatic rings. The van der Waals surface area contributed by atoms with Crippen LogP contribution in [0.1, 0.15) is 54.9 Å².